The number of rotatable bonds is 4. The van der Waals surface area contributed by atoms with Gasteiger partial charge in [0.05, 0.1) is 0 Å². The minimum absolute atomic E-state index is 0.0832. The zero-order valence-electron chi connectivity index (χ0n) is 10.6. The molecule has 2 N–H and O–H groups in total. The van der Waals surface area contributed by atoms with Gasteiger partial charge in [-0.1, -0.05) is 18.2 Å². The Bertz CT molecular complexity index is 584. The number of amides is 1. The first-order valence-electron chi connectivity index (χ1n) is 5.99. The SMILES string of the molecule is CNCc1cccc(NC(=O)c2cccc(I)c2)c1. The first-order chi connectivity index (χ1) is 9.19. The van der Waals surface area contributed by atoms with E-state index in [1.165, 1.54) is 0 Å². The lowest BCUT2D eigenvalue weighted by molar-refractivity contribution is 0.102. The molecule has 0 saturated carbocycles. The average Bonchev–Trinajstić information content (AvgIpc) is 2.39. The molecule has 0 aliphatic rings. The number of halogens is 1. The Balaban J connectivity index is 2.12. The van der Waals surface area contributed by atoms with Crippen molar-refractivity contribution in [1.29, 1.82) is 0 Å². The number of hydrogen-bond donors (Lipinski definition) is 2. The molecular formula is C15H15IN2O. The van der Waals surface area contributed by atoms with Crippen LogP contribution < -0.4 is 10.6 Å². The van der Waals surface area contributed by atoms with Crippen molar-refractivity contribution >= 4 is 34.2 Å². The van der Waals surface area contributed by atoms with Gasteiger partial charge in [-0.15, -0.1) is 0 Å². The Morgan fingerprint density at radius 2 is 1.95 bits per heavy atom. The number of nitrogens with one attached hydrogen (secondary N) is 2. The maximum Gasteiger partial charge on any atom is 0.255 e. The third-order valence-electron chi connectivity index (χ3n) is 2.65. The zero-order valence-corrected chi connectivity index (χ0v) is 12.8. The summed E-state index contributed by atoms with van der Waals surface area (Å²) in [7, 11) is 1.90. The van der Waals surface area contributed by atoms with Gasteiger partial charge in [0.1, 0.15) is 0 Å². The highest BCUT2D eigenvalue weighted by Gasteiger charge is 2.06. The molecule has 19 heavy (non-hydrogen) atoms. The molecule has 0 saturated heterocycles. The molecule has 1 amide bonds. The van der Waals surface area contributed by atoms with E-state index in [-0.39, 0.29) is 5.91 Å². The lowest BCUT2D eigenvalue weighted by Gasteiger charge is -2.07. The fraction of sp³-hybridized carbons (Fsp3) is 0.133. The van der Waals surface area contributed by atoms with Gasteiger partial charge in [0.25, 0.3) is 5.91 Å². The third-order valence-corrected chi connectivity index (χ3v) is 3.32. The van der Waals surface area contributed by atoms with Crippen LogP contribution >= 0.6 is 22.6 Å². The summed E-state index contributed by atoms with van der Waals surface area (Å²) in [4.78, 5) is 12.1. The standard InChI is InChI=1S/C15H15IN2O/c1-17-10-11-4-2-7-14(8-11)18-15(19)12-5-3-6-13(16)9-12/h2-9,17H,10H2,1H3,(H,18,19). The van der Waals surface area contributed by atoms with Gasteiger partial charge in [-0.2, -0.15) is 0 Å². The molecule has 0 aliphatic carbocycles. The summed E-state index contributed by atoms with van der Waals surface area (Å²) in [5.74, 6) is -0.0832. The van der Waals surface area contributed by atoms with Crippen molar-refractivity contribution in [2.75, 3.05) is 12.4 Å². The van der Waals surface area contributed by atoms with Crippen molar-refractivity contribution in [3.05, 3.63) is 63.2 Å². The van der Waals surface area contributed by atoms with Crippen molar-refractivity contribution in [3.63, 3.8) is 0 Å². The van der Waals surface area contributed by atoms with Crippen molar-refractivity contribution < 1.29 is 4.79 Å². The van der Waals surface area contributed by atoms with Gasteiger partial charge in [0.2, 0.25) is 0 Å². The Morgan fingerprint density at radius 3 is 2.68 bits per heavy atom. The van der Waals surface area contributed by atoms with Crippen molar-refractivity contribution in [2.24, 2.45) is 0 Å². The van der Waals surface area contributed by atoms with E-state index in [4.69, 9.17) is 0 Å². The molecule has 2 rings (SSSR count). The van der Waals surface area contributed by atoms with E-state index >= 15 is 0 Å². The van der Waals surface area contributed by atoms with Crippen LogP contribution in [0.3, 0.4) is 0 Å². The van der Waals surface area contributed by atoms with Gasteiger partial charge in [-0.3, -0.25) is 4.79 Å². The molecule has 0 spiro atoms. The Labute approximate surface area is 126 Å². The third kappa shape index (κ3) is 4.04. The number of hydrogen-bond acceptors (Lipinski definition) is 2. The van der Waals surface area contributed by atoms with E-state index in [0.717, 1.165) is 21.4 Å². The predicted octanol–water partition coefficient (Wildman–Crippen LogP) is 3.26. The number of carbonyl (C=O) groups excluding carboxylic acids is 1. The van der Waals surface area contributed by atoms with Crippen LogP contribution in [-0.2, 0) is 6.54 Å². The number of benzene rings is 2. The van der Waals surface area contributed by atoms with Crippen LogP contribution in [-0.4, -0.2) is 13.0 Å². The highest BCUT2D eigenvalue weighted by atomic mass is 127. The molecule has 0 radical (unpaired) electrons. The van der Waals surface area contributed by atoms with Crippen molar-refractivity contribution in [3.8, 4) is 0 Å². The fourth-order valence-corrected chi connectivity index (χ4v) is 2.34. The summed E-state index contributed by atoms with van der Waals surface area (Å²) < 4.78 is 1.05. The van der Waals surface area contributed by atoms with E-state index in [1.54, 1.807) is 0 Å². The molecular weight excluding hydrogens is 351 g/mol. The quantitative estimate of drug-likeness (QED) is 0.816. The smallest absolute Gasteiger partial charge is 0.255 e. The van der Waals surface area contributed by atoms with Gasteiger partial charge in [-0.05, 0) is 65.5 Å². The lowest BCUT2D eigenvalue weighted by atomic mass is 10.1. The molecule has 4 heteroatoms. The predicted molar refractivity (Wildman–Crippen MR) is 86.3 cm³/mol. The van der Waals surface area contributed by atoms with Crippen molar-refractivity contribution in [1.82, 2.24) is 5.32 Å². The summed E-state index contributed by atoms with van der Waals surface area (Å²) in [5.41, 5.74) is 2.63. The summed E-state index contributed by atoms with van der Waals surface area (Å²) in [6.45, 7) is 0.785. The van der Waals surface area contributed by atoms with E-state index < -0.39 is 0 Å². The van der Waals surface area contributed by atoms with E-state index in [0.29, 0.717) is 5.56 Å². The largest absolute Gasteiger partial charge is 0.322 e. The monoisotopic (exact) mass is 366 g/mol. The summed E-state index contributed by atoms with van der Waals surface area (Å²) >= 11 is 2.20. The highest BCUT2D eigenvalue weighted by molar-refractivity contribution is 14.1. The Morgan fingerprint density at radius 1 is 1.16 bits per heavy atom. The molecule has 98 valence electrons. The van der Waals surface area contributed by atoms with Crippen LogP contribution in [0, 0.1) is 3.57 Å². The second-order valence-corrected chi connectivity index (χ2v) is 5.44. The molecule has 0 fully saturated rings. The molecule has 0 heterocycles. The topological polar surface area (TPSA) is 41.1 Å². The highest BCUT2D eigenvalue weighted by Crippen LogP contribution is 2.13. The van der Waals surface area contributed by atoms with Gasteiger partial charge in [-0.25, -0.2) is 0 Å². The van der Waals surface area contributed by atoms with Gasteiger partial charge >= 0.3 is 0 Å². The fourth-order valence-electron chi connectivity index (χ4n) is 1.80. The second-order valence-electron chi connectivity index (χ2n) is 4.20. The maximum atomic E-state index is 12.1. The van der Waals surface area contributed by atoms with Crippen LogP contribution in [0.15, 0.2) is 48.5 Å². The lowest BCUT2D eigenvalue weighted by Crippen LogP contribution is -2.12. The van der Waals surface area contributed by atoms with Gasteiger partial charge < -0.3 is 10.6 Å². The summed E-state index contributed by atoms with van der Waals surface area (Å²) in [5, 5.41) is 6.00. The van der Waals surface area contributed by atoms with Gasteiger partial charge in [0.15, 0.2) is 0 Å². The van der Waals surface area contributed by atoms with Crippen molar-refractivity contribution in [2.45, 2.75) is 6.54 Å². The van der Waals surface area contributed by atoms with Crippen LogP contribution in [0.2, 0.25) is 0 Å². The summed E-state index contributed by atoms with van der Waals surface area (Å²) in [6, 6.07) is 15.4. The maximum absolute atomic E-state index is 12.1. The number of carbonyl (C=O) groups is 1. The summed E-state index contributed by atoms with van der Waals surface area (Å²) in [6.07, 6.45) is 0. The molecule has 3 nitrogen and oxygen atoms in total. The molecule has 0 bridgehead atoms. The molecule has 2 aromatic rings. The number of anilines is 1. The normalized spacial score (nSPS) is 10.2. The van der Waals surface area contributed by atoms with Crippen LogP contribution in [0.25, 0.3) is 0 Å². The Kier molecular flexibility index (Phi) is 4.93. The van der Waals surface area contributed by atoms with Gasteiger partial charge in [0, 0.05) is 21.4 Å². The van der Waals surface area contributed by atoms with Crippen LogP contribution in [0.4, 0.5) is 5.69 Å². The van der Waals surface area contributed by atoms with E-state index in [9.17, 15) is 4.79 Å². The zero-order chi connectivity index (χ0) is 13.7. The molecule has 0 atom stereocenters. The minimum Gasteiger partial charge on any atom is -0.322 e. The second kappa shape index (κ2) is 6.68. The van der Waals surface area contributed by atoms with Crippen LogP contribution in [0.1, 0.15) is 15.9 Å². The molecule has 0 unspecified atom stereocenters. The minimum atomic E-state index is -0.0832. The Hall–Kier alpha value is -1.40. The van der Waals surface area contributed by atoms with E-state index in [1.807, 2.05) is 55.6 Å². The molecule has 0 aromatic heterocycles. The van der Waals surface area contributed by atoms with E-state index in [2.05, 4.69) is 33.2 Å². The molecule has 2 aromatic carbocycles. The first kappa shape index (κ1) is 14.0. The average molecular weight is 366 g/mol. The van der Waals surface area contributed by atoms with Crippen LogP contribution in [0.5, 0.6) is 0 Å². The first-order valence-corrected chi connectivity index (χ1v) is 7.07. The molecule has 0 aliphatic heterocycles.